The van der Waals surface area contributed by atoms with E-state index >= 15 is 0 Å². The summed E-state index contributed by atoms with van der Waals surface area (Å²) in [6.45, 7) is 0. The van der Waals surface area contributed by atoms with Gasteiger partial charge in [-0.05, 0) is 0 Å². The van der Waals surface area contributed by atoms with Crippen LogP contribution in [-0.2, 0) is 0 Å². The van der Waals surface area contributed by atoms with Gasteiger partial charge in [-0.25, -0.2) is 0 Å². The number of hydrogen-bond donors (Lipinski definition) is 0. The van der Waals surface area contributed by atoms with Gasteiger partial charge in [0.2, 0.25) is 0 Å². The number of hydrogen-bond acceptors (Lipinski definition) is 1. The topological polar surface area (TPSA) is 12.9 Å². The SMILES string of the molecule is [Cl-].c1ccc2[se+]n[se]c2c1. The van der Waals surface area contributed by atoms with Crippen molar-refractivity contribution >= 4 is 38.0 Å². The first-order valence-electron chi connectivity index (χ1n) is 2.60. The van der Waals surface area contributed by atoms with E-state index in [4.69, 9.17) is 0 Å². The molecule has 1 nitrogen and oxygen atoms in total. The molecule has 0 saturated carbocycles. The molecular weight excluding hydrogens is 279 g/mol. The average Bonchev–Trinajstić information content (AvgIpc) is 2.33. The first-order valence-corrected chi connectivity index (χ1v) is 5.85. The normalized spacial score (nSPS) is 9.20. The van der Waals surface area contributed by atoms with E-state index in [0.29, 0.717) is 29.5 Å². The third kappa shape index (κ3) is 1.50. The number of aromatic nitrogens is 1. The van der Waals surface area contributed by atoms with E-state index < -0.39 is 0 Å². The molecule has 0 aliphatic heterocycles. The second-order valence-corrected chi connectivity index (χ2v) is 6.25. The quantitative estimate of drug-likeness (QED) is 0.493. The van der Waals surface area contributed by atoms with E-state index in [-0.39, 0.29) is 12.4 Å². The van der Waals surface area contributed by atoms with Crippen LogP contribution in [0.15, 0.2) is 24.3 Å². The van der Waals surface area contributed by atoms with Crippen LogP contribution < -0.4 is 12.4 Å². The summed E-state index contributed by atoms with van der Waals surface area (Å²) in [5.74, 6) is 0. The molecule has 52 valence electrons. The van der Waals surface area contributed by atoms with Crippen molar-refractivity contribution in [3.05, 3.63) is 24.3 Å². The zero-order valence-corrected chi connectivity index (χ0v) is 9.13. The molecule has 1 heterocycles. The molecule has 1 aromatic heterocycles. The van der Waals surface area contributed by atoms with Gasteiger partial charge in [-0.3, -0.25) is 0 Å². The summed E-state index contributed by atoms with van der Waals surface area (Å²) in [4.78, 5) is 0. The Morgan fingerprint density at radius 1 is 1.30 bits per heavy atom. The summed E-state index contributed by atoms with van der Waals surface area (Å²) in [7, 11) is 0. The van der Waals surface area contributed by atoms with Crippen LogP contribution in [0.1, 0.15) is 0 Å². The van der Waals surface area contributed by atoms with Gasteiger partial charge in [-0.15, -0.1) is 0 Å². The molecule has 0 bridgehead atoms. The molecule has 4 heteroatoms. The van der Waals surface area contributed by atoms with E-state index in [0.717, 1.165) is 0 Å². The Morgan fingerprint density at radius 2 is 2.10 bits per heavy atom. The molecular formula is C6H4ClNSe2. The summed E-state index contributed by atoms with van der Waals surface area (Å²) >= 11 is 0.910. The monoisotopic (exact) mass is 285 g/mol. The fourth-order valence-corrected chi connectivity index (χ4v) is 5.33. The predicted molar refractivity (Wildman–Crippen MR) is 40.0 cm³/mol. The Morgan fingerprint density at radius 3 is 2.90 bits per heavy atom. The summed E-state index contributed by atoms with van der Waals surface area (Å²) in [6.07, 6.45) is 0. The molecule has 10 heavy (non-hydrogen) atoms. The van der Waals surface area contributed by atoms with E-state index in [1.807, 2.05) is 0 Å². The van der Waals surface area contributed by atoms with E-state index in [1.54, 1.807) is 0 Å². The zero-order chi connectivity index (χ0) is 6.10. The Balaban J connectivity index is 0.000000500. The van der Waals surface area contributed by atoms with Gasteiger partial charge in [0.1, 0.15) is 0 Å². The van der Waals surface area contributed by atoms with Crippen molar-refractivity contribution in [2.45, 2.75) is 0 Å². The number of halogens is 1. The summed E-state index contributed by atoms with van der Waals surface area (Å²) in [5.41, 5.74) is 0. The third-order valence-corrected chi connectivity index (χ3v) is 6.03. The summed E-state index contributed by atoms with van der Waals surface area (Å²) in [6, 6.07) is 8.57. The van der Waals surface area contributed by atoms with Gasteiger partial charge in [0.05, 0.1) is 0 Å². The second-order valence-electron chi connectivity index (χ2n) is 1.70. The molecule has 0 radical (unpaired) electrons. The zero-order valence-electron chi connectivity index (χ0n) is 4.95. The first-order chi connectivity index (χ1) is 4.47. The van der Waals surface area contributed by atoms with Gasteiger partial charge in [0.25, 0.3) is 0 Å². The van der Waals surface area contributed by atoms with E-state index in [2.05, 4.69) is 27.2 Å². The minimum atomic E-state index is 0. The van der Waals surface area contributed by atoms with Crippen LogP contribution in [0.3, 0.4) is 0 Å². The number of benzene rings is 1. The van der Waals surface area contributed by atoms with Gasteiger partial charge in [0, 0.05) is 0 Å². The molecule has 2 aromatic rings. The van der Waals surface area contributed by atoms with Gasteiger partial charge < -0.3 is 12.4 Å². The van der Waals surface area contributed by atoms with Crippen molar-refractivity contribution in [2.24, 2.45) is 0 Å². The maximum absolute atomic E-state index is 4.38. The first kappa shape index (κ1) is 8.45. The molecule has 0 atom stereocenters. The minimum absolute atomic E-state index is 0. The molecule has 0 amide bonds. The van der Waals surface area contributed by atoms with Crippen LogP contribution in [0.25, 0.3) is 8.52 Å². The van der Waals surface area contributed by atoms with Crippen LogP contribution in [0.5, 0.6) is 0 Å². The van der Waals surface area contributed by atoms with Crippen LogP contribution >= 0.6 is 0 Å². The Hall–Kier alpha value is 0.349. The van der Waals surface area contributed by atoms with E-state index in [1.165, 1.54) is 8.52 Å². The van der Waals surface area contributed by atoms with Gasteiger partial charge in [-0.1, -0.05) is 0 Å². The van der Waals surface area contributed by atoms with Crippen LogP contribution in [-0.4, -0.2) is 32.4 Å². The Bertz CT molecular complexity index is 290. The van der Waals surface area contributed by atoms with Gasteiger partial charge in [-0.2, -0.15) is 0 Å². The summed E-state index contributed by atoms with van der Waals surface area (Å²) in [5, 5.41) is 0. The maximum atomic E-state index is 4.38. The van der Waals surface area contributed by atoms with E-state index in [9.17, 15) is 0 Å². The van der Waals surface area contributed by atoms with Crippen LogP contribution in [0.4, 0.5) is 0 Å². The fraction of sp³-hybridized carbons (Fsp3) is 0. The molecule has 0 saturated heterocycles. The van der Waals surface area contributed by atoms with Crippen molar-refractivity contribution in [2.75, 3.05) is 0 Å². The number of rotatable bonds is 0. The van der Waals surface area contributed by atoms with Crippen LogP contribution in [0.2, 0.25) is 0 Å². The van der Waals surface area contributed by atoms with Gasteiger partial charge >= 0.3 is 65.2 Å². The number of nitrogens with zero attached hydrogens (tertiary/aromatic N) is 1. The second kappa shape index (κ2) is 3.66. The predicted octanol–water partition coefficient (Wildman–Crippen LogP) is -2.37. The van der Waals surface area contributed by atoms with Crippen LogP contribution in [0, 0.1) is 0 Å². The molecule has 1 aromatic carbocycles. The molecule has 0 unspecified atom stereocenters. The standard InChI is InChI=1S/C6H4NSe2.ClH/c1-2-4-6-5(3-1)8-7-9-6;/h1-4H;1H/q+1;/p-1. The number of fused-ring (bicyclic) bond motifs is 1. The molecule has 0 aliphatic rings. The molecule has 0 N–H and O–H groups in total. The average molecular weight is 283 g/mol. The van der Waals surface area contributed by atoms with Gasteiger partial charge in [0.15, 0.2) is 0 Å². The van der Waals surface area contributed by atoms with Crippen molar-refractivity contribution in [1.82, 2.24) is 2.97 Å². The molecule has 0 spiro atoms. The van der Waals surface area contributed by atoms with Crippen molar-refractivity contribution in [3.8, 4) is 0 Å². The molecule has 0 fully saturated rings. The third-order valence-electron chi connectivity index (χ3n) is 1.12. The Kier molecular flexibility index (Phi) is 3.09. The van der Waals surface area contributed by atoms with Crippen molar-refractivity contribution in [1.29, 1.82) is 0 Å². The fourth-order valence-electron chi connectivity index (χ4n) is 0.700. The van der Waals surface area contributed by atoms with Crippen molar-refractivity contribution in [3.63, 3.8) is 0 Å². The van der Waals surface area contributed by atoms with Crippen molar-refractivity contribution < 1.29 is 12.4 Å². The molecule has 0 aliphatic carbocycles. The Labute approximate surface area is 77.5 Å². The molecule has 2 rings (SSSR count). The summed E-state index contributed by atoms with van der Waals surface area (Å²) < 4.78 is 7.36.